The molecular formula is C17H16N2O2. The van der Waals surface area contributed by atoms with Gasteiger partial charge >= 0.3 is 0 Å². The number of nitro benzene ring substituents is 1. The number of non-ortho nitro benzene ring substituents is 1. The van der Waals surface area contributed by atoms with E-state index in [1.54, 1.807) is 12.1 Å². The van der Waals surface area contributed by atoms with Crippen molar-refractivity contribution < 1.29 is 4.92 Å². The first-order valence-corrected chi connectivity index (χ1v) is 6.87. The van der Waals surface area contributed by atoms with Gasteiger partial charge in [0.05, 0.1) is 4.92 Å². The summed E-state index contributed by atoms with van der Waals surface area (Å²) in [6.45, 7) is 0.839. The number of benzene rings is 2. The van der Waals surface area contributed by atoms with Gasteiger partial charge in [0.2, 0.25) is 0 Å². The van der Waals surface area contributed by atoms with Crippen molar-refractivity contribution in [2.75, 3.05) is 13.6 Å². The number of likely N-dealkylation sites (N-methyl/N-ethyl adjacent to an activating group) is 1. The van der Waals surface area contributed by atoms with Crippen LogP contribution in [-0.2, 0) is 0 Å². The van der Waals surface area contributed by atoms with Gasteiger partial charge in [-0.25, -0.2) is 0 Å². The summed E-state index contributed by atoms with van der Waals surface area (Å²) in [6.07, 6.45) is 2.12. The van der Waals surface area contributed by atoms with Gasteiger partial charge in [-0.1, -0.05) is 42.5 Å². The Labute approximate surface area is 123 Å². The maximum Gasteiger partial charge on any atom is 0.269 e. The summed E-state index contributed by atoms with van der Waals surface area (Å²) < 4.78 is 0. The molecule has 1 aliphatic heterocycles. The smallest absolute Gasteiger partial charge is 0.269 e. The molecule has 21 heavy (non-hydrogen) atoms. The molecule has 0 aliphatic carbocycles. The second-order valence-corrected chi connectivity index (χ2v) is 5.29. The Morgan fingerprint density at radius 3 is 2.62 bits per heavy atom. The second-order valence-electron chi connectivity index (χ2n) is 5.29. The normalized spacial score (nSPS) is 17.7. The molecule has 1 unspecified atom stereocenters. The highest BCUT2D eigenvalue weighted by atomic mass is 16.6. The summed E-state index contributed by atoms with van der Waals surface area (Å²) >= 11 is 0. The predicted molar refractivity (Wildman–Crippen MR) is 82.9 cm³/mol. The zero-order valence-electron chi connectivity index (χ0n) is 11.8. The highest BCUT2D eigenvalue weighted by Crippen LogP contribution is 2.38. The third-order valence-corrected chi connectivity index (χ3v) is 3.80. The largest absolute Gasteiger partial charge is 0.379 e. The monoisotopic (exact) mass is 280 g/mol. The van der Waals surface area contributed by atoms with E-state index in [9.17, 15) is 10.1 Å². The maximum atomic E-state index is 11.0. The molecule has 0 bridgehead atoms. The fraction of sp³-hybridized carbons (Fsp3) is 0.176. The van der Waals surface area contributed by atoms with Crippen LogP contribution in [0.4, 0.5) is 5.69 Å². The Balaban J connectivity index is 2.00. The lowest BCUT2D eigenvalue weighted by Crippen LogP contribution is -2.12. The summed E-state index contributed by atoms with van der Waals surface area (Å²) in [5.74, 6) is 0.164. The first-order valence-electron chi connectivity index (χ1n) is 6.87. The first-order chi connectivity index (χ1) is 10.1. The summed E-state index contributed by atoms with van der Waals surface area (Å²) in [5.41, 5.74) is 3.51. The average Bonchev–Trinajstić information content (AvgIpc) is 2.90. The molecule has 0 saturated carbocycles. The van der Waals surface area contributed by atoms with Gasteiger partial charge in [0, 0.05) is 37.8 Å². The van der Waals surface area contributed by atoms with E-state index in [-0.39, 0.29) is 16.5 Å². The Morgan fingerprint density at radius 2 is 1.90 bits per heavy atom. The third-order valence-electron chi connectivity index (χ3n) is 3.80. The number of hydrogen-bond acceptors (Lipinski definition) is 3. The van der Waals surface area contributed by atoms with Crippen molar-refractivity contribution in [3.05, 3.63) is 82.0 Å². The van der Waals surface area contributed by atoms with Crippen LogP contribution in [-0.4, -0.2) is 23.4 Å². The molecule has 3 rings (SSSR count). The van der Waals surface area contributed by atoms with Crippen LogP contribution in [0.1, 0.15) is 17.0 Å². The van der Waals surface area contributed by atoms with Crippen LogP contribution < -0.4 is 0 Å². The first kappa shape index (κ1) is 13.4. The fourth-order valence-corrected chi connectivity index (χ4v) is 2.81. The van der Waals surface area contributed by atoms with Gasteiger partial charge in [0.1, 0.15) is 0 Å². The third kappa shape index (κ3) is 2.65. The molecule has 2 aromatic rings. The number of hydrogen-bond donors (Lipinski definition) is 0. The molecule has 1 heterocycles. The van der Waals surface area contributed by atoms with Crippen molar-refractivity contribution in [3.8, 4) is 0 Å². The van der Waals surface area contributed by atoms with E-state index in [0.717, 1.165) is 12.1 Å². The van der Waals surface area contributed by atoms with E-state index in [2.05, 4.69) is 23.2 Å². The Kier molecular flexibility index (Phi) is 3.44. The van der Waals surface area contributed by atoms with Crippen molar-refractivity contribution in [1.82, 2.24) is 4.90 Å². The van der Waals surface area contributed by atoms with E-state index in [1.165, 1.54) is 17.2 Å². The van der Waals surface area contributed by atoms with Crippen molar-refractivity contribution >= 4 is 11.3 Å². The van der Waals surface area contributed by atoms with E-state index >= 15 is 0 Å². The topological polar surface area (TPSA) is 46.4 Å². The molecule has 0 aromatic heterocycles. The van der Waals surface area contributed by atoms with Crippen molar-refractivity contribution in [2.24, 2.45) is 0 Å². The van der Waals surface area contributed by atoms with Gasteiger partial charge in [0.25, 0.3) is 5.69 Å². The van der Waals surface area contributed by atoms with Crippen LogP contribution in [0, 0.1) is 10.1 Å². The highest BCUT2D eigenvalue weighted by Gasteiger charge is 2.26. The predicted octanol–water partition coefficient (Wildman–Crippen LogP) is 3.66. The minimum absolute atomic E-state index is 0.148. The van der Waals surface area contributed by atoms with Crippen LogP contribution in [0.25, 0.3) is 5.57 Å². The van der Waals surface area contributed by atoms with E-state index in [4.69, 9.17) is 0 Å². The summed E-state index contributed by atoms with van der Waals surface area (Å²) in [5, 5.41) is 11.0. The lowest BCUT2D eigenvalue weighted by atomic mass is 9.89. The Bertz CT molecular complexity index is 695. The van der Waals surface area contributed by atoms with Crippen LogP contribution in [0.15, 0.2) is 60.8 Å². The molecule has 0 amide bonds. The quantitative estimate of drug-likeness (QED) is 0.636. The van der Waals surface area contributed by atoms with Gasteiger partial charge in [-0.2, -0.15) is 0 Å². The van der Waals surface area contributed by atoms with Crippen molar-refractivity contribution in [2.45, 2.75) is 5.92 Å². The molecule has 0 saturated heterocycles. The van der Waals surface area contributed by atoms with Crippen LogP contribution >= 0.6 is 0 Å². The maximum absolute atomic E-state index is 11.0. The Hall–Kier alpha value is -2.62. The van der Waals surface area contributed by atoms with E-state index in [0.29, 0.717) is 0 Å². The molecule has 2 aromatic carbocycles. The zero-order valence-corrected chi connectivity index (χ0v) is 11.8. The zero-order chi connectivity index (χ0) is 14.8. The highest BCUT2D eigenvalue weighted by molar-refractivity contribution is 5.73. The SMILES string of the molecule is CN1C=C(c2ccccc2)C(c2cccc([N+](=O)[O-])c2)C1. The summed E-state index contributed by atoms with van der Waals surface area (Å²) in [4.78, 5) is 12.8. The molecule has 0 spiro atoms. The van der Waals surface area contributed by atoms with Crippen LogP contribution in [0.3, 0.4) is 0 Å². The van der Waals surface area contributed by atoms with E-state index in [1.807, 2.05) is 31.3 Å². The van der Waals surface area contributed by atoms with E-state index < -0.39 is 0 Å². The molecule has 0 fully saturated rings. The van der Waals surface area contributed by atoms with Crippen molar-refractivity contribution in [1.29, 1.82) is 0 Å². The molecule has 0 radical (unpaired) electrons. The number of nitro groups is 1. The van der Waals surface area contributed by atoms with Gasteiger partial charge in [-0.15, -0.1) is 0 Å². The van der Waals surface area contributed by atoms with Crippen LogP contribution in [0.2, 0.25) is 0 Å². The molecule has 1 aliphatic rings. The minimum Gasteiger partial charge on any atom is -0.379 e. The second kappa shape index (κ2) is 5.40. The lowest BCUT2D eigenvalue weighted by molar-refractivity contribution is -0.384. The van der Waals surface area contributed by atoms with Gasteiger partial charge < -0.3 is 4.90 Å². The number of nitrogens with zero attached hydrogens (tertiary/aromatic N) is 2. The molecule has 1 atom stereocenters. The average molecular weight is 280 g/mol. The van der Waals surface area contributed by atoms with Crippen LogP contribution in [0.5, 0.6) is 0 Å². The molecule has 4 heteroatoms. The lowest BCUT2D eigenvalue weighted by Gasteiger charge is -2.16. The number of rotatable bonds is 3. The molecule has 0 N–H and O–H groups in total. The Morgan fingerprint density at radius 1 is 1.14 bits per heavy atom. The van der Waals surface area contributed by atoms with Crippen molar-refractivity contribution in [3.63, 3.8) is 0 Å². The minimum atomic E-state index is -0.339. The van der Waals surface area contributed by atoms with Gasteiger partial charge in [-0.3, -0.25) is 10.1 Å². The van der Waals surface area contributed by atoms with Gasteiger partial charge in [0.15, 0.2) is 0 Å². The fourth-order valence-electron chi connectivity index (χ4n) is 2.81. The summed E-state index contributed by atoms with van der Waals surface area (Å²) in [7, 11) is 2.03. The standard InChI is InChI=1S/C17H16N2O2/c1-18-11-16(13-6-3-2-4-7-13)17(12-18)14-8-5-9-15(10-14)19(20)21/h2-11,17H,12H2,1H3. The van der Waals surface area contributed by atoms with Gasteiger partial charge in [-0.05, 0) is 16.7 Å². The summed E-state index contributed by atoms with van der Waals surface area (Å²) in [6, 6.07) is 17.1. The molecule has 106 valence electrons. The molecular weight excluding hydrogens is 264 g/mol. The molecule has 4 nitrogen and oxygen atoms in total.